The molecule has 1 unspecified atom stereocenters. The molecule has 1 saturated heterocycles. The van der Waals surface area contributed by atoms with Gasteiger partial charge in [-0.25, -0.2) is 4.79 Å². The molecule has 7 nitrogen and oxygen atoms in total. The Kier molecular flexibility index (Phi) is 5.79. The Hall–Kier alpha value is -2.41. The first kappa shape index (κ1) is 18.9. The highest BCUT2D eigenvalue weighted by molar-refractivity contribution is 5.98. The Morgan fingerprint density at radius 2 is 1.92 bits per heavy atom. The van der Waals surface area contributed by atoms with Crippen LogP contribution in [-0.4, -0.2) is 53.6 Å². The molecular weight excluding hydrogens is 324 g/mol. The molecule has 25 heavy (non-hydrogen) atoms. The number of ether oxygens (including phenoxy) is 1. The molecule has 0 aliphatic carbocycles. The number of aliphatic carboxylic acids is 1. The smallest absolute Gasteiger partial charge is 0.331 e. The number of hydrogen-bond acceptors (Lipinski definition) is 4. The fourth-order valence-electron chi connectivity index (χ4n) is 2.73. The number of benzene rings is 1. The third-order valence-corrected chi connectivity index (χ3v) is 4.29. The Bertz CT molecular complexity index is 648. The number of amides is 2. The van der Waals surface area contributed by atoms with Crippen molar-refractivity contribution in [3.63, 3.8) is 0 Å². The first-order valence-corrected chi connectivity index (χ1v) is 8.23. The van der Waals surface area contributed by atoms with Crippen molar-refractivity contribution < 1.29 is 24.2 Å². The summed E-state index contributed by atoms with van der Waals surface area (Å²) >= 11 is 0. The van der Waals surface area contributed by atoms with Gasteiger partial charge in [0.25, 0.3) is 5.91 Å². The molecule has 1 fully saturated rings. The van der Waals surface area contributed by atoms with Gasteiger partial charge in [0.05, 0.1) is 6.61 Å². The predicted octanol–water partition coefficient (Wildman–Crippen LogP) is 1.27. The molecule has 0 saturated carbocycles. The molecule has 1 heterocycles. The van der Waals surface area contributed by atoms with E-state index in [1.165, 1.54) is 0 Å². The number of rotatable bonds is 6. The van der Waals surface area contributed by atoms with Crippen LogP contribution < -0.4 is 5.32 Å². The van der Waals surface area contributed by atoms with E-state index in [0.29, 0.717) is 18.7 Å². The van der Waals surface area contributed by atoms with Crippen molar-refractivity contribution in [1.82, 2.24) is 10.2 Å². The highest BCUT2D eigenvalue weighted by Gasteiger charge is 2.44. The second-order valence-electron chi connectivity index (χ2n) is 6.69. The third kappa shape index (κ3) is 4.36. The van der Waals surface area contributed by atoms with Crippen LogP contribution in [0, 0.1) is 5.92 Å². The second kappa shape index (κ2) is 7.65. The van der Waals surface area contributed by atoms with E-state index in [0.717, 1.165) is 5.56 Å². The van der Waals surface area contributed by atoms with Gasteiger partial charge in [-0.2, -0.15) is 0 Å². The molecule has 1 aliphatic rings. The van der Waals surface area contributed by atoms with E-state index < -0.39 is 17.4 Å². The van der Waals surface area contributed by atoms with Gasteiger partial charge in [0.2, 0.25) is 5.91 Å². The Balaban J connectivity index is 2.03. The maximum Gasteiger partial charge on any atom is 0.331 e. The van der Waals surface area contributed by atoms with Crippen molar-refractivity contribution >= 4 is 17.8 Å². The van der Waals surface area contributed by atoms with E-state index in [4.69, 9.17) is 4.74 Å². The van der Waals surface area contributed by atoms with Crippen LogP contribution in [0.5, 0.6) is 0 Å². The minimum Gasteiger partial charge on any atom is -0.479 e. The van der Waals surface area contributed by atoms with Crippen molar-refractivity contribution in [2.75, 3.05) is 20.3 Å². The zero-order chi connectivity index (χ0) is 18.6. The number of nitrogens with one attached hydrogen (secondary N) is 1. The molecule has 1 atom stereocenters. The monoisotopic (exact) mass is 348 g/mol. The van der Waals surface area contributed by atoms with Crippen LogP contribution in [0.15, 0.2) is 24.3 Å². The summed E-state index contributed by atoms with van der Waals surface area (Å²) in [6.45, 7) is 4.41. The topological polar surface area (TPSA) is 95.9 Å². The van der Waals surface area contributed by atoms with Gasteiger partial charge in [-0.3, -0.25) is 9.59 Å². The van der Waals surface area contributed by atoms with E-state index in [1.54, 1.807) is 36.2 Å². The van der Waals surface area contributed by atoms with Crippen LogP contribution in [0.2, 0.25) is 0 Å². The van der Waals surface area contributed by atoms with E-state index in [1.807, 2.05) is 13.8 Å². The molecule has 0 spiro atoms. The normalized spacial score (nSPS) is 19.7. The summed E-state index contributed by atoms with van der Waals surface area (Å²) in [6, 6.07) is 6.78. The quantitative estimate of drug-likeness (QED) is 0.807. The first-order valence-electron chi connectivity index (χ1n) is 8.23. The van der Waals surface area contributed by atoms with Crippen LogP contribution in [-0.2, 0) is 20.9 Å². The van der Waals surface area contributed by atoms with Gasteiger partial charge in [0.1, 0.15) is 0 Å². The molecule has 0 bridgehead atoms. The zero-order valence-electron chi connectivity index (χ0n) is 14.7. The average Bonchev–Trinajstić information content (AvgIpc) is 3.04. The summed E-state index contributed by atoms with van der Waals surface area (Å²) in [5.74, 6) is -1.57. The molecular formula is C18H24N2O5. The summed E-state index contributed by atoms with van der Waals surface area (Å²) in [5, 5.41) is 11.9. The van der Waals surface area contributed by atoms with Crippen LogP contribution >= 0.6 is 0 Å². The molecule has 1 aliphatic heterocycles. The van der Waals surface area contributed by atoms with Crippen LogP contribution in [0.25, 0.3) is 0 Å². The lowest BCUT2D eigenvalue weighted by Gasteiger charge is -2.23. The van der Waals surface area contributed by atoms with E-state index >= 15 is 0 Å². The summed E-state index contributed by atoms with van der Waals surface area (Å²) < 4.78 is 5.13. The fourth-order valence-corrected chi connectivity index (χ4v) is 2.73. The third-order valence-electron chi connectivity index (χ3n) is 4.29. The predicted molar refractivity (Wildman–Crippen MR) is 91.0 cm³/mol. The summed E-state index contributed by atoms with van der Waals surface area (Å²) in [6.07, 6.45) is 0.244. The van der Waals surface area contributed by atoms with Gasteiger partial charge in [-0.05, 0) is 17.7 Å². The lowest BCUT2D eigenvalue weighted by atomic mass is 9.98. The molecule has 2 N–H and O–H groups in total. The summed E-state index contributed by atoms with van der Waals surface area (Å²) in [4.78, 5) is 37.3. The van der Waals surface area contributed by atoms with Crippen molar-refractivity contribution in [2.45, 2.75) is 32.4 Å². The molecule has 0 aromatic heterocycles. The number of carboxylic acid groups (broad SMARTS) is 1. The number of carbonyl (C=O) groups excluding carboxylic acids is 2. The average molecular weight is 348 g/mol. The largest absolute Gasteiger partial charge is 0.479 e. The van der Waals surface area contributed by atoms with Crippen molar-refractivity contribution in [1.29, 1.82) is 0 Å². The van der Waals surface area contributed by atoms with E-state index in [-0.39, 0.29) is 24.9 Å². The highest BCUT2D eigenvalue weighted by Crippen LogP contribution is 2.20. The Morgan fingerprint density at radius 3 is 2.40 bits per heavy atom. The van der Waals surface area contributed by atoms with Crippen molar-refractivity contribution in [3.05, 3.63) is 35.4 Å². The zero-order valence-corrected chi connectivity index (χ0v) is 14.7. The van der Waals surface area contributed by atoms with Crippen LogP contribution in [0.1, 0.15) is 36.2 Å². The standard InChI is InChI=1S/C18H24N2O5/c1-12(2)16(22)20(3)10-13-4-6-14(7-5-13)15(21)19-18(17(23)24)8-9-25-11-18/h4-7,12H,8-11H2,1-3H3,(H,19,21)(H,23,24). The first-order chi connectivity index (χ1) is 11.7. The minimum atomic E-state index is -1.36. The van der Waals surface area contributed by atoms with E-state index in [9.17, 15) is 19.5 Å². The highest BCUT2D eigenvalue weighted by atomic mass is 16.5. The van der Waals surface area contributed by atoms with Crippen molar-refractivity contribution in [2.24, 2.45) is 5.92 Å². The maximum absolute atomic E-state index is 12.3. The molecule has 1 aromatic rings. The summed E-state index contributed by atoms with van der Waals surface area (Å²) in [7, 11) is 1.74. The number of carbonyl (C=O) groups is 3. The molecule has 7 heteroatoms. The number of carboxylic acids is 1. The Labute approximate surface area is 147 Å². The van der Waals surface area contributed by atoms with Gasteiger partial charge < -0.3 is 20.1 Å². The molecule has 0 radical (unpaired) electrons. The fraction of sp³-hybridized carbons (Fsp3) is 0.500. The molecule has 2 amide bonds. The van der Waals surface area contributed by atoms with Gasteiger partial charge in [-0.15, -0.1) is 0 Å². The van der Waals surface area contributed by atoms with Crippen molar-refractivity contribution in [3.8, 4) is 0 Å². The molecule has 2 rings (SSSR count). The van der Waals surface area contributed by atoms with Crippen LogP contribution in [0.3, 0.4) is 0 Å². The Morgan fingerprint density at radius 1 is 1.28 bits per heavy atom. The lowest BCUT2D eigenvalue weighted by molar-refractivity contribution is -0.144. The maximum atomic E-state index is 12.3. The van der Waals surface area contributed by atoms with Gasteiger partial charge in [-0.1, -0.05) is 26.0 Å². The SMILES string of the molecule is CC(C)C(=O)N(C)Cc1ccc(C(=O)NC2(C(=O)O)CCOC2)cc1. The van der Waals surface area contributed by atoms with Gasteiger partial charge >= 0.3 is 5.97 Å². The van der Waals surface area contributed by atoms with Gasteiger partial charge in [0, 0.05) is 38.1 Å². The molecule has 1 aromatic carbocycles. The second-order valence-corrected chi connectivity index (χ2v) is 6.69. The summed E-state index contributed by atoms with van der Waals surface area (Å²) in [5.41, 5.74) is -0.0982. The number of nitrogens with zero attached hydrogens (tertiary/aromatic N) is 1. The van der Waals surface area contributed by atoms with Gasteiger partial charge in [0.15, 0.2) is 5.54 Å². The lowest BCUT2D eigenvalue weighted by Crippen LogP contribution is -2.55. The van der Waals surface area contributed by atoms with E-state index in [2.05, 4.69) is 5.32 Å². The van der Waals surface area contributed by atoms with Crippen LogP contribution in [0.4, 0.5) is 0 Å². The number of hydrogen-bond donors (Lipinski definition) is 2. The minimum absolute atomic E-state index is 0.0335. The molecule has 136 valence electrons.